The number of aromatic nitrogens is 1. The number of hydrogen-bond donors (Lipinski definition) is 2. The number of benzene rings is 3. The summed E-state index contributed by atoms with van der Waals surface area (Å²) < 4.78 is 35.9. The highest BCUT2D eigenvalue weighted by atomic mass is 35.5. The van der Waals surface area contributed by atoms with E-state index in [1.807, 2.05) is 47.4 Å². The Bertz CT molecular complexity index is 1370. The van der Waals surface area contributed by atoms with Gasteiger partial charge in [0.2, 0.25) is 0 Å². The van der Waals surface area contributed by atoms with Crippen LogP contribution in [-0.4, -0.2) is 54.1 Å². The highest BCUT2D eigenvalue weighted by molar-refractivity contribution is 6.31. The van der Waals surface area contributed by atoms with Crippen LogP contribution in [-0.2, 0) is 15.9 Å². The zero-order chi connectivity index (χ0) is 25.4. The van der Waals surface area contributed by atoms with Gasteiger partial charge in [-0.15, -0.1) is 0 Å². The van der Waals surface area contributed by atoms with Crippen LogP contribution in [0, 0.1) is 5.82 Å². The first kappa shape index (κ1) is 24.2. The molecule has 2 unspecified atom stereocenters. The van der Waals surface area contributed by atoms with Crippen LogP contribution in [0.1, 0.15) is 22.9 Å². The number of nitrogens with zero attached hydrogens (tertiary/aromatic N) is 1. The van der Waals surface area contributed by atoms with Gasteiger partial charge in [0, 0.05) is 28.2 Å². The Hall–Kier alpha value is -3.14. The quantitative estimate of drug-likeness (QED) is 0.331. The summed E-state index contributed by atoms with van der Waals surface area (Å²) in [7, 11) is 0. The molecule has 3 aromatic carbocycles. The van der Waals surface area contributed by atoms with Gasteiger partial charge in [-0.2, -0.15) is 0 Å². The van der Waals surface area contributed by atoms with E-state index in [1.165, 1.54) is 24.3 Å². The first-order valence-electron chi connectivity index (χ1n) is 12.2. The standard InChI is InChI=1S/C28H26ClFN2O5/c29-18-3-10-24-23(15-18)22-11-12-32(28(33)37-21-8-4-19(30)5-9-21)27(26(22)31-24)17-1-6-20(7-2-17)36-16-25-34-13-14-35-25/h1-10,15,25,27-28,31,33H,11-14,16H2. The molecule has 0 spiro atoms. The fourth-order valence-electron chi connectivity index (χ4n) is 4.99. The smallest absolute Gasteiger partial charge is 0.260 e. The molecule has 2 aliphatic rings. The Labute approximate surface area is 218 Å². The molecule has 9 heteroatoms. The normalized spacial score (nSPS) is 19.2. The number of fused-ring (bicyclic) bond motifs is 3. The fraction of sp³-hybridized carbons (Fsp3) is 0.286. The van der Waals surface area contributed by atoms with Crippen LogP contribution in [0.3, 0.4) is 0 Å². The number of aromatic amines is 1. The van der Waals surface area contributed by atoms with Gasteiger partial charge in [0.05, 0.1) is 19.3 Å². The van der Waals surface area contributed by atoms with E-state index in [4.69, 9.17) is 30.5 Å². The molecule has 0 amide bonds. The van der Waals surface area contributed by atoms with Crippen LogP contribution in [0.4, 0.5) is 4.39 Å². The van der Waals surface area contributed by atoms with E-state index in [9.17, 15) is 9.50 Å². The Morgan fingerprint density at radius 3 is 2.51 bits per heavy atom. The summed E-state index contributed by atoms with van der Waals surface area (Å²) in [5, 5.41) is 12.9. The van der Waals surface area contributed by atoms with Gasteiger partial charge >= 0.3 is 0 Å². The van der Waals surface area contributed by atoms with Crippen molar-refractivity contribution in [3.05, 3.63) is 94.4 Å². The largest absolute Gasteiger partial charge is 0.488 e. The lowest BCUT2D eigenvalue weighted by Crippen LogP contribution is -2.46. The second-order valence-corrected chi connectivity index (χ2v) is 9.48. The molecule has 1 fully saturated rings. The van der Waals surface area contributed by atoms with E-state index in [1.54, 1.807) is 0 Å². The van der Waals surface area contributed by atoms with Gasteiger partial charge < -0.3 is 29.0 Å². The maximum absolute atomic E-state index is 13.4. The van der Waals surface area contributed by atoms with Crippen molar-refractivity contribution in [2.75, 3.05) is 26.4 Å². The molecule has 0 radical (unpaired) electrons. The van der Waals surface area contributed by atoms with Crippen molar-refractivity contribution >= 4 is 22.5 Å². The van der Waals surface area contributed by atoms with E-state index < -0.39 is 6.41 Å². The number of nitrogens with one attached hydrogen (secondary N) is 1. The summed E-state index contributed by atoms with van der Waals surface area (Å²) >= 11 is 6.30. The highest BCUT2D eigenvalue weighted by Gasteiger charge is 2.36. The molecular formula is C28H26ClFN2O5. The Morgan fingerprint density at radius 2 is 1.76 bits per heavy atom. The summed E-state index contributed by atoms with van der Waals surface area (Å²) in [5.41, 5.74) is 4.04. The molecule has 2 aliphatic heterocycles. The van der Waals surface area contributed by atoms with Crippen LogP contribution < -0.4 is 9.47 Å². The van der Waals surface area contributed by atoms with Gasteiger partial charge in [-0.05, 0) is 72.1 Å². The zero-order valence-electron chi connectivity index (χ0n) is 19.9. The lowest BCUT2D eigenvalue weighted by atomic mass is 9.92. The molecule has 3 heterocycles. The molecule has 7 nitrogen and oxygen atoms in total. The molecule has 2 N–H and O–H groups in total. The number of ether oxygens (including phenoxy) is 4. The fourth-order valence-corrected chi connectivity index (χ4v) is 5.16. The van der Waals surface area contributed by atoms with Crippen LogP contribution in [0.2, 0.25) is 5.02 Å². The highest BCUT2D eigenvalue weighted by Crippen LogP contribution is 2.40. The predicted octanol–water partition coefficient (Wildman–Crippen LogP) is 5.01. The number of halogens is 2. The summed E-state index contributed by atoms with van der Waals surface area (Å²) in [5.74, 6) is 0.700. The summed E-state index contributed by atoms with van der Waals surface area (Å²) in [6, 6.07) is 18.8. The topological polar surface area (TPSA) is 76.2 Å². The van der Waals surface area contributed by atoms with E-state index in [0.29, 0.717) is 49.3 Å². The van der Waals surface area contributed by atoms with Crippen molar-refractivity contribution in [2.24, 2.45) is 0 Å². The Kier molecular flexibility index (Phi) is 6.75. The van der Waals surface area contributed by atoms with Crippen molar-refractivity contribution in [3.63, 3.8) is 0 Å². The number of H-pyrrole nitrogens is 1. The molecule has 37 heavy (non-hydrogen) atoms. The molecule has 4 aromatic rings. The summed E-state index contributed by atoms with van der Waals surface area (Å²) in [4.78, 5) is 5.42. The number of rotatable bonds is 7. The van der Waals surface area contributed by atoms with Crippen LogP contribution in [0.25, 0.3) is 10.9 Å². The average Bonchev–Trinajstić information content (AvgIpc) is 3.56. The molecule has 0 saturated carbocycles. The lowest BCUT2D eigenvalue weighted by molar-refractivity contribution is -0.150. The maximum atomic E-state index is 13.4. The van der Waals surface area contributed by atoms with Gasteiger partial charge in [0.25, 0.3) is 6.41 Å². The lowest BCUT2D eigenvalue weighted by Gasteiger charge is -2.38. The molecular weight excluding hydrogens is 499 g/mol. The van der Waals surface area contributed by atoms with Crippen LogP contribution in [0.15, 0.2) is 66.7 Å². The molecule has 0 aliphatic carbocycles. The monoisotopic (exact) mass is 524 g/mol. The Balaban J connectivity index is 1.31. The van der Waals surface area contributed by atoms with E-state index in [-0.39, 0.29) is 18.1 Å². The van der Waals surface area contributed by atoms with Gasteiger partial charge in [0.1, 0.15) is 23.9 Å². The van der Waals surface area contributed by atoms with E-state index in [2.05, 4.69) is 4.98 Å². The third kappa shape index (κ3) is 5.03. The third-order valence-electron chi connectivity index (χ3n) is 6.74. The minimum absolute atomic E-state index is 0.312. The number of aliphatic hydroxyl groups excluding tert-OH is 1. The van der Waals surface area contributed by atoms with Gasteiger partial charge in [0.15, 0.2) is 6.29 Å². The van der Waals surface area contributed by atoms with Crippen molar-refractivity contribution in [3.8, 4) is 11.5 Å². The molecule has 2 atom stereocenters. The first-order chi connectivity index (χ1) is 18.0. The molecule has 1 aromatic heterocycles. The van der Waals surface area contributed by atoms with Gasteiger partial charge in [-0.3, -0.25) is 0 Å². The van der Waals surface area contributed by atoms with E-state index >= 15 is 0 Å². The third-order valence-corrected chi connectivity index (χ3v) is 6.97. The minimum Gasteiger partial charge on any atom is -0.488 e. The van der Waals surface area contributed by atoms with Crippen molar-refractivity contribution in [1.82, 2.24) is 9.88 Å². The summed E-state index contributed by atoms with van der Waals surface area (Å²) in [6.07, 6.45) is -0.919. The second-order valence-electron chi connectivity index (χ2n) is 9.05. The van der Waals surface area contributed by atoms with Gasteiger partial charge in [-0.1, -0.05) is 23.7 Å². The number of hydrogen-bond acceptors (Lipinski definition) is 6. The van der Waals surface area contributed by atoms with E-state index in [0.717, 1.165) is 27.7 Å². The minimum atomic E-state index is -1.26. The zero-order valence-corrected chi connectivity index (χ0v) is 20.7. The van der Waals surface area contributed by atoms with Crippen LogP contribution in [0.5, 0.6) is 11.5 Å². The van der Waals surface area contributed by atoms with Crippen molar-refractivity contribution in [2.45, 2.75) is 25.2 Å². The molecule has 0 bridgehead atoms. The molecule has 6 rings (SSSR count). The molecule has 1 saturated heterocycles. The van der Waals surface area contributed by atoms with Gasteiger partial charge in [-0.25, -0.2) is 9.29 Å². The van der Waals surface area contributed by atoms with Crippen LogP contribution >= 0.6 is 11.6 Å². The predicted molar refractivity (Wildman–Crippen MR) is 136 cm³/mol. The summed E-state index contributed by atoms with van der Waals surface area (Å²) in [6.45, 7) is 2.00. The van der Waals surface area contributed by atoms with Crippen molar-refractivity contribution < 1.29 is 28.4 Å². The maximum Gasteiger partial charge on any atom is 0.260 e. The second kappa shape index (κ2) is 10.3. The Morgan fingerprint density at radius 1 is 1.03 bits per heavy atom. The van der Waals surface area contributed by atoms with Crippen molar-refractivity contribution in [1.29, 1.82) is 0 Å². The number of aliphatic hydroxyl groups is 1. The first-order valence-corrected chi connectivity index (χ1v) is 12.5. The average molecular weight is 525 g/mol. The molecule has 192 valence electrons. The SMILES string of the molecule is OC(Oc1ccc(F)cc1)N1CCc2c([nH]c3ccc(Cl)cc23)C1c1ccc(OCC2OCCO2)cc1.